The lowest BCUT2D eigenvalue weighted by molar-refractivity contribution is 0.0821. The Balaban J connectivity index is 2.48. The van der Waals surface area contributed by atoms with Crippen LogP contribution in [0.4, 0.5) is 0 Å². The summed E-state index contributed by atoms with van der Waals surface area (Å²) in [5.41, 5.74) is 2.35. The third-order valence-corrected chi connectivity index (χ3v) is 4.81. The summed E-state index contributed by atoms with van der Waals surface area (Å²) in [4.78, 5) is 26.2. The highest BCUT2D eigenvalue weighted by Gasteiger charge is 2.32. The first-order chi connectivity index (χ1) is 12.4. The maximum atomic E-state index is 13.1. The second kappa shape index (κ2) is 8.72. The van der Waals surface area contributed by atoms with E-state index in [9.17, 15) is 14.2 Å². The summed E-state index contributed by atoms with van der Waals surface area (Å²) in [6, 6.07) is 10.3. The van der Waals surface area contributed by atoms with Crippen molar-refractivity contribution in [3.05, 3.63) is 58.7 Å². The average molecular weight is 372 g/mol. The Morgan fingerprint density at radius 3 is 2.19 bits per heavy atom. The molecule has 0 aliphatic heterocycles. The monoisotopic (exact) mass is 372 g/mol. The highest BCUT2D eigenvalue weighted by molar-refractivity contribution is 7.23. The largest absolute Gasteiger partial charge is 0.497 e. The molecule has 2 rings (SSSR count). The molecule has 136 valence electrons. The number of benzene rings is 2. The third-order valence-electron chi connectivity index (χ3n) is 4.29. The van der Waals surface area contributed by atoms with Crippen LogP contribution >= 0.6 is 8.46 Å². The number of aryl methyl sites for hydroxylation is 2. The number of ether oxygens (including phenoxy) is 2. The minimum Gasteiger partial charge on any atom is -0.497 e. The van der Waals surface area contributed by atoms with Crippen molar-refractivity contribution in [1.82, 2.24) is 0 Å². The van der Waals surface area contributed by atoms with Crippen LogP contribution < -0.4 is 9.47 Å². The topological polar surface area (TPSA) is 69.7 Å². The van der Waals surface area contributed by atoms with Crippen molar-refractivity contribution < 1.29 is 23.6 Å². The van der Waals surface area contributed by atoms with Crippen LogP contribution in [0.3, 0.4) is 0 Å². The maximum Gasteiger partial charge on any atom is 0.178 e. The Hall–Kier alpha value is -2.52. The van der Waals surface area contributed by atoms with Crippen molar-refractivity contribution >= 4 is 20.0 Å². The molecule has 5 nitrogen and oxygen atoms in total. The molecule has 0 amide bonds. The van der Waals surface area contributed by atoms with Crippen LogP contribution in [0, 0.1) is 19.8 Å². The van der Waals surface area contributed by atoms with Gasteiger partial charge in [0.2, 0.25) is 0 Å². The summed E-state index contributed by atoms with van der Waals surface area (Å²) in [6.07, 6.45) is -0.0827. The van der Waals surface area contributed by atoms with Crippen LogP contribution in [0.1, 0.15) is 31.8 Å². The SMILES string of the molecule is COc1ccc(C(=O)C(CP=O)C(=O)c2c(C)cccc2C)c(OC)c1. The number of carbonyl (C=O) groups excluding carboxylic acids is 2. The van der Waals surface area contributed by atoms with Gasteiger partial charge in [0.15, 0.2) is 20.0 Å². The smallest absolute Gasteiger partial charge is 0.178 e. The van der Waals surface area contributed by atoms with E-state index in [2.05, 4.69) is 0 Å². The van der Waals surface area contributed by atoms with E-state index in [4.69, 9.17) is 9.47 Å². The van der Waals surface area contributed by atoms with E-state index in [1.165, 1.54) is 14.2 Å². The van der Waals surface area contributed by atoms with E-state index in [1.54, 1.807) is 18.2 Å². The van der Waals surface area contributed by atoms with E-state index >= 15 is 0 Å². The van der Waals surface area contributed by atoms with Crippen LogP contribution in [0.25, 0.3) is 0 Å². The standard InChI is InChI=1S/C20H21O5P/c1-12-6-5-7-13(2)18(12)20(22)16(11-26-23)19(21)15-9-8-14(24-3)10-17(15)25-4/h5-10,16H,11H2,1-4H3. The Morgan fingerprint density at radius 1 is 1.00 bits per heavy atom. The van der Waals surface area contributed by atoms with Gasteiger partial charge in [-0.1, -0.05) is 18.2 Å². The van der Waals surface area contributed by atoms with Crippen molar-refractivity contribution in [2.45, 2.75) is 13.8 Å². The molecular weight excluding hydrogens is 351 g/mol. The van der Waals surface area contributed by atoms with Crippen LogP contribution in [-0.4, -0.2) is 31.9 Å². The molecule has 0 aliphatic carbocycles. The molecule has 0 N–H and O–H groups in total. The Bertz CT molecular complexity index is 824. The van der Waals surface area contributed by atoms with Crippen molar-refractivity contribution in [2.24, 2.45) is 5.92 Å². The van der Waals surface area contributed by atoms with Gasteiger partial charge in [-0.2, -0.15) is 0 Å². The minimum atomic E-state index is -1.05. The lowest BCUT2D eigenvalue weighted by Gasteiger charge is -2.17. The molecule has 0 spiro atoms. The van der Waals surface area contributed by atoms with E-state index in [0.717, 1.165) is 11.1 Å². The van der Waals surface area contributed by atoms with Crippen LogP contribution in [0.15, 0.2) is 36.4 Å². The number of methoxy groups -OCH3 is 2. The second-order valence-electron chi connectivity index (χ2n) is 5.93. The summed E-state index contributed by atoms with van der Waals surface area (Å²) < 4.78 is 21.7. The summed E-state index contributed by atoms with van der Waals surface area (Å²) in [5.74, 6) is -0.933. The van der Waals surface area contributed by atoms with Crippen molar-refractivity contribution in [3.8, 4) is 11.5 Å². The first-order valence-electron chi connectivity index (χ1n) is 8.10. The number of Topliss-reactive ketones (excluding diaryl/α,β-unsaturated/α-hetero) is 2. The number of ketones is 2. The number of rotatable bonds is 8. The normalized spacial score (nSPS) is 11.8. The Labute approximate surface area is 154 Å². The Kier molecular flexibility index (Phi) is 6.64. The molecule has 0 aromatic heterocycles. The highest BCUT2D eigenvalue weighted by atomic mass is 31.1. The lowest BCUT2D eigenvalue weighted by atomic mass is 9.87. The molecule has 6 heteroatoms. The molecule has 1 atom stereocenters. The van der Waals surface area contributed by atoms with Gasteiger partial charge in [0.05, 0.1) is 25.7 Å². The zero-order chi connectivity index (χ0) is 19.3. The molecule has 0 heterocycles. The zero-order valence-corrected chi connectivity index (χ0v) is 16.1. The fourth-order valence-corrected chi connectivity index (χ4v) is 3.41. The van der Waals surface area contributed by atoms with E-state index in [-0.39, 0.29) is 26.0 Å². The molecule has 0 radical (unpaired) electrons. The number of hydrogen-bond acceptors (Lipinski definition) is 5. The fraction of sp³-hybridized carbons (Fsp3) is 0.300. The van der Waals surface area contributed by atoms with Gasteiger partial charge in [-0.05, 0) is 37.1 Å². The third kappa shape index (κ3) is 4.00. The van der Waals surface area contributed by atoms with Gasteiger partial charge < -0.3 is 9.47 Å². The number of carbonyl (C=O) groups is 2. The molecule has 1 unspecified atom stereocenters. The van der Waals surface area contributed by atoms with Gasteiger partial charge in [-0.25, -0.2) is 0 Å². The minimum absolute atomic E-state index is 0.0827. The van der Waals surface area contributed by atoms with E-state index in [1.807, 2.05) is 32.0 Å². The first-order valence-corrected chi connectivity index (χ1v) is 9.10. The van der Waals surface area contributed by atoms with Crippen LogP contribution in [-0.2, 0) is 4.57 Å². The molecular formula is C20H21O5P. The van der Waals surface area contributed by atoms with Crippen LogP contribution in [0.2, 0.25) is 0 Å². The predicted octanol–water partition coefficient (Wildman–Crippen LogP) is 4.29. The van der Waals surface area contributed by atoms with Gasteiger partial charge in [-0.15, -0.1) is 0 Å². The number of hydrogen-bond donors (Lipinski definition) is 0. The molecule has 0 saturated carbocycles. The first kappa shape index (κ1) is 19.8. The fourth-order valence-electron chi connectivity index (χ4n) is 2.93. The molecule has 0 fully saturated rings. The highest BCUT2D eigenvalue weighted by Crippen LogP contribution is 2.29. The maximum absolute atomic E-state index is 13.1. The van der Waals surface area contributed by atoms with Crippen molar-refractivity contribution in [2.75, 3.05) is 20.4 Å². The average Bonchev–Trinajstić information content (AvgIpc) is 2.64. The summed E-state index contributed by atoms with van der Waals surface area (Å²) in [6.45, 7) is 3.65. The van der Waals surface area contributed by atoms with Gasteiger partial charge in [-0.3, -0.25) is 14.2 Å². The summed E-state index contributed by atoms with van der Waals surface area (Å²) in [5, 5.41) is 0. The zero-order valence-electron chi connectivity index (χ0n) is 15.2. The van der Waals surface area contributed by atoms with Gasteiger partial charge in [0.25, 0.3) is 0 Å². The molecule has 0 saturated heterocycles. The van der Waals surface area contributed by atoms with Gasteiger partial charge in [0.1, 0.15) is 11.5 Å². The summed E-state index contributed by atoms with van der Waals surface area (Å²) in [7, 11) is 2.70. The molecule has 0 bridgehead atoms. The molecule has 26 heavy (non-hydrogen) atoms. The van der Waals surface area contributed by atoms with Crippen molar-refractivity contribution in [1.29, 1.82) is 0 Å². The quantitative estimate of drug-likeness (QED) is 0.393. The summed E-state index contributed by atoms with van der Waals surface area (Å²) >= 11 is 0. The molecule has 2 aromatic carbocycles. The van der Waals surface area contributed by atoms with Crippen molar-refractivity contribution in [3.63, 3.8) is 0 Å². The lowest BCUT2D eigenvalue weighted by Crippen LogP contribution is -2.27. The molecule has 2 aromatic rings. The van der Waals surface area contributed by atoms with Gasteiger partial charge >= 0.3 is 0 Å². The van der Waals surface area contributed by atoms with Gasteiger partial charge in [0, 0.05) is 17.8 Å². The Morgan fingerprint density at radius 2 is 1.65 bits per heavy atom. The predicted molar refractivity (Wildman–Crippen MR) is 100 cm³/mol. The molecule has 0 aliphatic rings. The van der Waals surface area contributed by atoms with E-state index < -0.39 is 11.7 Å². The van der Waals surface area contributed by atoms with E-state index in [0.29, 0.717) is 17.1 Å². The van der Waals surface area contributed by atoms with Crippen LogP contribution in [0.5, 0.6) is 11.5 Å². The second-order valence-corrected chi connectivity index (χ2v) is 6.55.